The van der Waals surface area contributed by atoms with Gasteiger partial charge in [0.25, 0.3) is 0 Å². The molecular formula is C21H18N2O3. The van der Waals surface area contributed by atoms with Crippen molar-refractivity contribution >= 4 is 39.6 Å². The van der Waals surface area contributed by atoms with Gasteiger partial charge >= 0.3 is 5.97 Å². The number of hydrogen-bond donors (Lipinski definition) is 3. The van der Waals surface area contributed by atoms with E-state index in [-0.39, 0.29) is 11.3 Å². The molecule has 130 valence electrons. The highest BCUT2D eigenvalue weighted by molar-refractivity contribution is 6.07. The molecule has 1 amide bonds. The van der Waals surface area contributed by atoms with Crippen LogP contribution in [0.4, 0.5) is 11.4 Å². The van der Waals surface area contributed by atoms with Gasteiger partial charge < -0.3 is 16.2 Å². The predicted octanol–water partition coefficient (Wildman–Crippen LogP) is 4.16. The van der Waals surface area contributed by atoms with E-state index in [2.05, 4.69) is 5.32 Å². The predicted molar refractivity (Wildman–Crippen MR) is 104 cm³/mol. The molecule has 0 fully saturated rings. The Morgan fingerprint density at radius 2 is 1.73 bits per heavy atom. The Balaban J connectivity index is 1.85. The smallest absolute Gasteiger partial charge is 0.337 e. The lowest BCUT2D eigenvalue weighted by atomic mass is 10.0. The van der Waals surface area contributed by atoms with Crippen molar-refractivity contribution in [1.29, 1.82) is 0 Å². The van der Waals surface area contributed by atoms with Crippen molar-refractivity contribution in [3.63, 3.8) is 0 Å². The van der Waals surface area contributed by atoms with Crippen molar-refractivity contribution in [2.45, 2.75) is 6.92 Å². The van der Waals surface area contributed by atoms with E-state index in [0.29, 0.717) is 5.69 Å². The normalized spacial score (nSPS) is 11.3. The first kappa shape index (κ1) is 17.2. The molecule has 0 spiro atoms. The van der Waals surface area contributed by atoms with Gasteiger partial charge in [-0.1, -0.05) is 36.4 Å². The summed E-state index contributed by atoms with van der Waals surface area (Å²) in [6.45, 7) is 1.84. The summed E-state index contributed by atoms with van der Waals surface area (Å²) in [6, 6.07) is 18.3. The van der Waals surface area contributed by atoms with Crippen molar-refractivity contribution in [2.24, 2.45) is 0 Å². The SMILES string of the molecule is CC(=CC(=O)Nc1ccc(N)cc1C(=O)O)c1ccc2ccccc2c1. The van der Waals surface area contributed by atoms with E-state index in [1.54, 1.807) is 6.07 Å². The Kier molecular flexibility index (Phi) is 4.71. The van der Waals surface area contributed by atoms with E-state index in [9.17, 15) is 14.7 Å². The van der Waals surface area contributed by atoms with Gasteiger partial charge in [0.2, 0.25) is 5.91 Å². The number of carbonyl (C=O) groups is 2. The summed E-state index contributed by atoms with van der Waals surface area (Å²) in [7, 11) is 0. The van der Waals surface area contributed by atoms with E-state index in [0.717, 1.165) is 21.9 Å². The highest BCUT2D eigenvalue weighted by atomic mass is 16.4. The van der Waals surface area contributed by atoms with Gasteiger partial charge in [0.05, 0.1) is 11.3 Å². The Morgan fingerprint density at radius 1 is 1.00 bits per heavy atom. The first-order valence-corrected chi connectivity index (χ1v) is 8.05. The number of fused-ring (bicyclic) bond motifs is 1. The number of anilines is 2. The van der Waals surface area contributed by atoms with E-state index >= 15 is 0 Å². The van der Waals surface area contributed by atoms with E-state index in [1.807, 2.05) is 49.4 Å². The average molecular weight is 346 g/mol. The van der Waals surface area contributed by atoms with Gasteiger partial charge in [-0.25, -0.2) is 4.79 Å². The van der Waals surface area contributed by atoms with Crippen LogP contribution in [-0.4, -0.2) is 17.0 Å². The van der Waals surface area contributed by atoms with Crippen LogP contribution in [0, 0.1) is 0 Å². The maximum Gasteiger partial charge on any atom is 0.337 e. The second-order valence-electron chi connectivity index (χ2n) is 5.99. The monoisotopic (exact) mass is 346 g/mol. The number of allylic oxidation sites excluding steroid dienone is 1. The molecule has 26 heavy (non-hydrogen) atoms. The molecule has 0 bridgehead atoms. The zero-order valence-corrected chi connectivity index (χ0v) is 14.2. The first-order valence-electron chi connectivity index (χ1n) is 8.05. The third-order valence-electron chi connectivity index (χ3n) is 4.08. The largest absolute Gasteiger partial charge is 0.478 e. The minimum atomic E-state index is -1.15. The number of carboxylic acid groups (broad SMARTS) is 1. The van der Waals surface area contributed by atoms with Crippen LogP contribution in [0.3, 0.4) is 0 Å². The Labute approximate surface area is 150 Å². The lowest BCUT2D eigenvalue weighted by Gasteiger charge is -2.09. The Bertz CT molecular complexity index is 1040. The molecule has 4 N–H and O–H groups in total. The highest BCUT2D eigenvalue weighted by Crippen LogP contribution is 2.22. The van der Waals surface area contributed by atoms with Gasteiger partial charge in [-0.2, -0.15) is 0 Å². The molecule has 0 saturated carbocycles. The lowest BCUT2D eigenvalue weighted by molar-refractivity contribution is -0.111. The third-order valence-corrected chi connectivity index (χ3v) is 4.08. The molecular weight excluding hydrogens is 328 g/mol. The van der Waals surface area contributed by atoms with Crippen molar-refractivity contribution in [2.75, 3.05) is 11.1 Å². The molecule has 3 rings (SSSR count). The zero-order chi connectivity index (χ0) is 18.7. The van der Waals surface area contributed by atoms with Crippen molar-refractivity contribution in [1.82, 2.24) is 0 Å². The minimum Gasteiger partial charge on any atom is -0.478 e. The van der Waals surface area contributed by atoms with Crippen LogP contribution in [0.2, 0.25) is 0 Å². The van der Waals surface area contributed by atoms with Crippen LogP contribution in [0.5, 0.6) is 0 Å². The molecule has 3 aromatic carbocycles. The van der Waals surface area contributed by atoms with Crippen LogP contribution in [-0.2, 0) is 4.79 Å². The summed E-state index contributed by atoms with van der Waals surface area (Å²) in [6.07, 6.45) is 1.45. The van der Waals surface area contributed by atoms with E-state index in [4.69, 9.17) is 5.73 Å². The van der Waals surface area contributed by atoms with Crippen molar-refractivity contribution in [3.8, 4) is 0 Å². The number of aromatic carboxylic acids is 1. The van der Waals surface area contributed by atoms with Crippen molar-refractivity contribution < 1.29 is 14.7 Å². The summed E-state index contributed by atoms with van der Waals surface area (Å²) in [4.78, 5) is 23.6. The summed E-state index contributed by atoms with van der Waals surface area (Å²) < 4.78 is 0. The molecule has 0 radical (unpaired) electrons. The van der Waals surface area contributed by atoms with Gasteiger partial charge in [0, 0.05) is 11.8 Å². The second-order valence-corrected chi connectivity index (χ2v) is 5.99. The summed E-state index contributed by atoms with van der Waals surface area (Å²) >= 11 is 0. The number of amides is 1. The molecule has 0 atom stereocenters. The molecule has 0 aliphatic carbocycles. The molecule has 0 aromatic heterocycles. The quantitative estimate of drug-likeness (QED) is 0.488. The van der Waals surface area contributed by atoms with Crippen molar-refractivity contribution in [3.05, 3.63) is 77.9 Å². The van der Waals surface area contributed by atoms with Crippen LogP contribution in [0.1, 0.15) is 22.8 Å². The lowest BCUT2D eigenvalue weighted by Crippen LogP contribution is -2.13. The fraction of sp³-hybridized carbons (Fsp3) is 0.0476. The number of benzene rings is 3. The average Bonchev–Trinajstić information content (AvgIpc) is 2.62. The fourth-order valence-electron chi connectivity index (χ4n) is 2.73. The summed E-state index contributed by atoms with van der Waals surface area (Å²) in [5.74, 6) is -1.55. The molecule has 0 saturated heterocycles. The number of carbonyl (C=O) groups excluding carboxylic acids is 1. The van der Waals surface area contributed by atoms with Gasteiger partial charge in [0.1, 0.15) is 0 Å². The standard InChI is InChI=1S/C21H18N2O3/c1-13(15-7-6-14-4-2-3-5-16(14)11-15)10-20(24)23-19-9-8-17(22)12-18(19)21(25)26/h2-12H,22H2,1H3,(H,23,24)(H,25,26). The molecule has 5 nitrogen and oxygen atoms in total. The third kappa shape index (κ3) is 3.72. The molecule has 0 aliphatic heterocycles. The molecule has 0 unspecified atom stereocenters. The highest BCUT2D eigenvalue weighted by Gasteiger charge is 2.12. The summed E-state index contributed by atoms with van der Waals surface area (Å²) in [5.41, 5.74) is 7.80. The van der Waals surface area contributed by atoms with Gasteiger partial charge in [0.15, 0.2) is 0 Å². The maximum absolute atomic E-state index is 12.3. The van der Waals surface area contributed by atoms with Crippen LogP contribution < -0.4 is 11.1 Å². The van der Waals surface area contributed by atoms with E-state index < -0.39 is 11.9 Å². The van der Waals surface area contributed by atoms with Crippen LogP contribution >= 0.6 is 0 Å². The molecule has 0 aliphatic rings. The van der Waals surface area contributed by atoms with Gasteiger partial charge in [-0.15, -0.1) is 0 Å². The second kappa shape index (κ2) is 7.11. The Hall–Kier alpha value is -3.60. The molecule has 3 aromatic rings. The fourth-order valence-corrected chi connectivity index (χ4v) is 2.73. The molecule has 0 heterocycles. The number of hydrogen-bond acceptors (Lipinski definition) is 3. The minimum absolute atomic E-state index is 0.0462. The number of carboxylic acids is 1. The first-order chi connectivity index (χ1) is 12.4. The number of nitrogens with two attached hydrogens (primary N) is 1. The Morgan fingerprint density at radius 3 is 2.46 bits per heavy atom. The summed E-state index contributed by atoms with van der Waals surface area (Å²) in [5, 5.41) is 14.1. The zero-order valence-electron chi connectivity index (χ0n) is 14.2. The number of nitrogen functional groups attached to an aromatic ring is 1. The molecule has 5 heteroatoms. The van der Waals surface area contributed by atoms with E-state index in [1.165, 1.54) is 18.2 Å². The number of nitrogens with one attached hydrogen (secondary N) is 1. The van der Waals surface area contributed by atoms with Gasteiger partial charge in [-0.3, -0.25) is 4.79 Å². The van der Waals surface area contributed by atoms with Crippen LogP contribution in [0.15, 0.2) is 66.7 Å². The van der Waals surface area contributed by atoms with Gasteiger partial charge in [-0.05, 0) is 53.1 Å². The number of rotatable bonds is 4. The topological polar surface area (TPSA) is 92.4 Å². The van der Waals surface area contributed by atoms with Crippen LogP contribution in [0.25, 0.3) is 16.3 Å². The maximum atomic E-state index is 12.3.